The maximum absolute atomic E-state index is 13.4. The van der Waals surface area contributed by atoms with Gasteiger partial charge in [-0.2, -0.15) is 0 Å². The van der Waals surface area contributed by atoms with E-state index in [0.717, 1.165) is 37.3 Å². The Balaban J connectivity index is 1.44. The fourth-order valence-electron chi connectivity index (χ4n) is 4.50. The third-order valence-electron chi connectivity index (χ3n) is 6.16. The summed E-state index contributed by atoms with van der Waals surface area (Å²) in [5, 5.41) is 5.41. The Hall–Kier alpha value is -2.04. The van der Waals surface area contributed by atoms with E-state index in [-0.39, 0.29) is 11.9 Å². The van der Waals surface area contributed by atoms with Gasteiger partial charge in [-0.15, -0.1) is 0 Å². The molecule has 0 aromatic heterocycles. The zero-order chi connectivity index (χ0) is 23.2. The van der Waals surface area contributed by atoms with Crippen molar-refractivity contribution in [3.63, 3.8) is 0 Å². The van der Waals surface area contributed by atoms with Gasteiger partial charge in [0, 0.05) is 39.3 Å². The molecule has 1 aliphatic rings. The Morgan fingerprint density at radius 2 is 1.58 bits per heavy atom. The van der Waals surface area contributed by atoms with Crippen LogP contribution in [-0.4, -0.2) is 36.0 Å². The lowest BCUT2D eigenvalue weighted by Gasteiger charge is -2.40. The monoisotopic (exact) mass is 500 g/mol. The van der Waals surface area contributed by atoms with E-state index in [9.17, 15) is 4.79 Å². The summed E-state index contributed by atoms with van der Waals surface area (Å²) < 4.78 is 0. The van der Waals surface area contributed by atoms with Gasteiger partial charge < -0.3 is 10.2 Å². The van der Waals surface area contributed by atoms with Crippen molar-refractivity contribution < 1.29 is 4.79 Å². The summed E-state index contributed by atoms with van der Waals surface area (Å²) in [6.07, 6.45) is 3.57. The zero-order valence-electron chi connectivity index (χ0n) is 18.3. The minimum Gasteiger partial charge on any atom is -0.335 e. The molecule has 1 aliphatic heterocycles. The minimum atomic E-state index is -0.0139. The van der Waals surface area contributed by atoms with Gasteiger partial charge in [0.2, 0.25) is 0 Å². The van der Waals surface area contributed by atoms with Crippen molar-refractivity contribution in [3.8, 4) is 0 Å². The standard InChI is InChI=1S/C27H27Cl3N2O/c28-22-8-6-19(7-9-22)10-12-31-25-11-13-32(26(18-25)14-20-4-2-1-3-5-20)27(33)21-15-23(29)17-24(30)16-21/h1-9,15-17,25-26,31H,10-14,18H2/t25-,26+/m0/s1. The second-order valence-corrected chi connectivity index (χ2v) is 9.86. The summed E-state index contributed by atoms with van der Waals surface area (Å²) in [7, 11) is 0. The number of halogens is 3. The quantitative estimate of drug-likeness (QED) is 0.391. The van der Waals surface area contributed by atoms with Crippen molar-refractivity contribution in [1.29, 1.82) is 0 Å². The first-order chi connectivity index (χ1) is 16.0. The number of nitrogens with one attached hydrogen (secondary N) is 1. The van der Waals surface area contributed by atoms with Crippen LogP contribution in [-0.2, 0) is 12.8 Å². The number of hydrogen-bond donors (Lipinski definition) is 1. The Labute approximate surface area is 210 Å². The number of rotatable bonds is 7. The Bertz CT molecular complexity index is 1050. The van der Waals surface area contributed by atoms with Crippen molar-refractivity contribution >= 4 is 40.7 Å². The highest BCUT2D eigenvalue weighted by atomic mass is 35.5. The summed E-state index contributed by atoms with van der Waals surface area (Å²) in [6.45, 7) is 1.58. The molecule has 0 aliphatic carbocycles. The van der Waals surface area contributed by atoms with Crippen LogP contribution >= 0.6 is 34.8 Å². The molecule has 3 nitrogen and oxygen atoms in total. The van der Waals surface area contributed by atoms with Crippen LogP contribution in [0.5, 0.6) is 0 Å². The summed E-state index contributed by atoms with van der Waals surface area (Å²) in [4.78, 5) is 15.4. The van der Waals surface area contributed by atoms with E-state index in [0.29, 0.717) is 28.2 Å². The highest BCUT2D eigenvalue weighted by Crippen LogP contribution is 2.26. The molecule has 0 unspecified atom stereocenters. The summed E-state index contributed by atoms with van der Waals surface area (Å²) in [6, 6.07) is 23.9. The predicted octanol–water partition coefficient (Wildman–Crippen LogP) is 6.70. The van der Waals surface area contributed by atoms with Gasteiger partial charge in [0.1, 0.15) is 0 Å². The number of hydrogen-bond acceptors (Lipinski definition) is 2. The molecule has 0 radical (unpaired) electrons. The third kappa shape index (κ3) is 6.74. The predicted molar refractivity (Wildman–Crippen MR) is 138 cm³/mol. The molecule has 0 saturated carbocycles. The van der Waals surface area contributed by atoms with E-state index in [2.05, 4.69) is 29.6 Å². The highest BCUT2D eigenvalue weighted by Gasteiger charge is 2.32. The van der Waals surface area contributed by atoms with Gasteiger partial charge in [-0.05, 0) is 73.7 Å². The van der Waals surface area contributed by atoms with Gasteiger partial charge in [-0.25, -0.2) is 0 Å². The fraction of sp³-hybridized carbons (Fsp3) is 0.296. The molecule has 1 amide bonds. The lowest BCUT2D eigenvalue weighted by atomic mass is 9.91. The van der Waals surface area contributed by atoms with Crippen LogP contribution in [0.25, 0.3) is 0 Å². The normalized spacial score (nSPS) is 18.3. The maximum atomic E-state index is 13.4. The van der Waals surface area contributed by atoms with Gasteiger partial charge in [-0.3, -0.25) is 4.79 Å². The van der Waals surface area contributed by atoms with E-state index in [1.165, 1.54) is 11.1 Å². The first-order valence-corrected chi connectivity index (χ1v) is 12.4. The molecule has 4 rings (SSSR count). The molecular weight excluding hydrogens is 475 g/mol. The Kier molecular flexibility index (Phi) is 8.32. The van der Waals surface area contributed by atoms with Crippen molar-refractivity contribution in [2.75, 3.05) is 13.1 Å². The van der Waals surface area contributed by atoms with E-state index < -0.39 is 0 Å². The lowest BCUT2D eigenvalue weighted by Crippen LogP contribution is -2.52. The molecule has 2 atom stereocenters. The van der Waals surface area contributed by atoms with Crippen LogP contribution < -0.4 is 5.32 Å². The molecule has 6 heteroatoms. The van der Waals surface area contributed by atoms with Crippen LogP contribution in [0.15, 0.2) is 72.8 Å². The average molecular weight is 502 g/mol. The summed E-state index contributed by atoms with van der Waals surface area (Å²) >= 11 is 18.3. The van der Waals surface area contributed by atoms with Crippen LogP contribution in [0.3, 0.4) is 0 Å². The van der Waals surface area contributed by atoms with Gasteiger partial charge in [-0.1, -0.05) is 77.3 Å². The number of benzene rings is 3. The SMILES string of the molecule is O=C(c1cc(Cl)cc(Cl)c1)N1CC[C@H](NCCc2ccc(Cl)cc2)C[C@H]1Cc1ccccc1. The second-order valence-electron chi connectivity index (χ2n) is 8.55. The molecule has 1 heterocycles. The van der Waals surface area contributed by atoms with Crippen LogP contribution in [0, 0.1) is 0 Å². The highest BCUT2D eigenvalue weighted by molar-refractivity contribution is 6.35. The average Bonchev–Trinajstić information content (AvgIpc) is 2.80. The summed E-state index contributed by atoms with van der Waals surface area (Å²) in [5.74, 6) is -0.0139. The molecule has 0 spiro atoms. The topological polar surface area (TPSA) is 32.3 Å². The number of nitrogens with zero attached hydrogens (tertiary/aromatic N) is 1. The smallest absolute Gasteiger partial charge is 0.254 e. The molecule has 172 valence electrons. The number of likely N-dealkylation sites (tertiary alicyclic amines) is 1. The van der Waals surface area contributed by atoms with Gasteiger partial charge in [0.15, 0.2) is 0 Å². The maximum Gasteiger partial charge on any atom is 0.254 e. The van der Waals surface area contributed by atoms with Crippen LogP contribution in [0.2, 0.25) is 15.1 Å². The number of amides is 1. The number of carbonyl (C=O) groups is 1. The first kappa shape index (κ1) is 24.1. The molecular formula is C27H27Cl3N2O. The van der Waals surface area contributed by atoms with Gasteiger partial charge in [0.05, 0.1) is 0 Å². The molecule has 3 aromatic carbocycles. The Morgan fingerprint density at radius 3 is 2.27 bits per heavy atom. The van der Waals surface area contributed by atoms with Crippen LogP contribution in [0.4, 0.5) is 0 Å². The van der Waals surface area contributed by atoms with E-state index in [4.69, 9.17) is 34.8 Å². The molecule has 3 aromatic rings. The van der Waals surface area contributed by atoms with Crippen LogP contribution in [0.1, 0.15) is 34.3 Å². The van der Waals surface area contributed by atoms with Gasteiger partial charge >= 0.3 is 0 Å². The second kappa shape index (κ2) is 11.4. The fourth-order valence-corrected chi connectivity index (χ4v) is 5.15. The van der Waals surface area contributed by atoms with Gasteiger partial charge in [0.25, 0.3) is 5.91 Å². The van der Waals surface area contributed by atoms with E-state index >= 15 is 0 Å². The number of carbonyl (C=O) groups excluding carboxylic acids is 1. The molecule has 1 fully saturated rings. The zero-order valence-corrected chi connectivity index (χ0v) is 20.6. The summed E-state index contributed by atoms with van der Waals surface area (Å²) in [5.41, 5.74) is 3.03. The lowest BCUT2D eigenvalue weighted by molar-refractivity contribution is 0.0578. The van der Waals surface area contributed by atoms with Crippen molar-refractivity contribution in [2.24, 2.45) is 0 Å². The van der Waals surface area contributed by atoms with Crippen molar-refractivity contribution in [1.82, 2.24) is 10.2 Å². The largest absolute Gasteiger partial charge is 0.335 e. The Morgan fingerprint density at radius 1 is 0.879 bits per heavy atom. The van der Waals surface area contributed by atoms with E-state index in [1.54, 1.807) is 18.2 Å². The molecule has 1 saturated heterocycles. The molecule has 33 heavy (non-hydrogen) atoms. The van der Waals surface area contributed by atoms with E-state index in [1.807, 2.05) is 35.2 Å². The number of piperidine rings is 1. The van der Waals surface area contributed by atoms with Crippen molar-refractivity contribution in [3.05, 3.63) is 105 Å². The molecule has 1 N–H and O–H groups in total. The minimum absolute atomic E-state index is 0.0139. The third-order valence-corrected chi connectivity index (χ3v) is 6.85. The first-order valence-electron chi connectivity index (χ1n) is 11.3. The van der Waals surface area contributed by atoms with Crippen molar-refractivity contribution in [2.45, 2.75) is 37.8 Å². The molecule has 0 bridgehead atoms.